The lowest BCUT2D eigenvalue weighted by atomic mass is 9.44. The van der Waals surface area contributed by atoms with Crippen molar-refractivity contribution >= 4 is 12.0 Å². The molecule has 1 fully saturated rings. The van der Waals surface area contributed by atoms with Crippen molar-refractivity contribution in [2.75, 3.05) is 0 Å². The fourth-order valence-electron chi connectivity index (χ4n) is 5.74. The zero-order valence-electron chi connectivity index (χ0n) is 22.0. The fourth-order valence-corrected chi connectivity index (χ4v) is 5.74. The Balaban J connectivity index is 1.45. The monoisotopic (exact) mass is 534 g/mol. The number of carbonyl (C=O) groups excluding carboxylic acids is 2. The molecule has 3 aliphatic rings. The van der Waals surface area contributed by atoms with Crippen LogP contribution in [-0.2, 0) is 24.4 Å². The molecule has 10 heteroatoms. The lowest BCUT2D eigenvalue weighted by Crippen LogP contribution is -2.58. The van der Waals surface area contributed by atoms with Crippen LogP contribution < -0.4 is 16.2 Å². The van der Waals surface area contributed by atoms with Gasteiger partial charge in [0.25, 0.3) is 11.5 Å². The van der Waals surface area contributed by atoms with Gasteiger partial charge < -0.3 is 20.5 Å². The minimum atomic E-state index is -0.761. The van der Waals surface area contributed by atoms with Crippen LogP contribution in [0.25, 0.3) is 0 Å². The van der Waals surface area contributed by atoms with Gasteiger partial charge in [-0.15, -0.1) is 0 Å². The van der Waals surface area contributed by atoms with Crippen molar-refractivity contribution in [2.45, 2.75) is 52.9 Å². The molecule has 1 aliphatic carbocycles. The molecule has 3 atom stereocenters. The van der Waals surface area contributed by atoms with Crippen molar-refractivity contribution in [1.29, 1.82) is 0 Å². The van der Waals surface area contributed by atoms with E-state index in [1.54, 1.807) is 0 Å². The van der Waals surface area contributed by atoms with E-state index in [2.05, 4.69) is 29.5 Å². The molecule has 2 amide bonds. The Hall–Kier alpha value is -4.21. The molecule has 39 heavy (non-hydrogen) atoms. The highest BCUT2D eigenvalue weighted by molar-refractivity contribution is 5.94. The van der Waals surface area contributed by atoms with Gasteiger partial charge in [0.05, 0.1) is 6.04 Å². The topological polar surface area (TPSA) is 123 Å². The van der Waals surface area contributed by atoms with Crippen molar-refractivity contribution in [3.63, 3.8) is 0 Å². The van der Waals surface area contributed by atoms with Crippen LogP contribution in [0.4, 0.5) is 9.18 Å². The van der Waals surface area contributed by atoms with Crippen LogP contribution in [0.2, 0.25) is 0 Å². The number of amides is 2. The van der Waals surface area contributed by atoms with Crippen LogP contribution in [0.3, 0.4) is 0 Å². The number of nitrogens with zero attached hydrogens (tertiary/aromatic N) is 2. The summed E-state index contributed by atoms with van der Waals surface area (Å²) in [6.07, 6.45) is 0.0293. The van der Waals surface area contributed by atoms with E-state index in [1.165, 1.54) is 28.8 Å². The van der Waals surface area contributed by atoms with E-state index in [-0.39, 0.29) is 30.3 Å². The second-order valence-corrected chi connectivity index (χ2v) is 11.1. The molecule has 1 aromatic heterocycles. The van der Waals surface area contributed by atoms with Gasteiger partial charge in [0, 0.05) is 18.5 Å². The smallest absolute Gasteiger partial charge is 0.408 e. The number of rotatable bonds is 6. The van der Waals surface area contributed by atoms with E-state index in [0.29, 0.717) is 18.5 Å². The highest BCUT2D eigenvalue weighted by atomic mass is 19.1. The number of benzene rings is 2. The Morgan fingerprint density at radius 3 is 2.46 bits per heavy atom. The van der Waals surface area contributed by atoms with E-state index in [9.17, 15) is 23.9 Å². The van der Waals surface area contributed by atoms with Gasteiger partial charge in [-0.05, 0) is 41.0 Å². The lowest BCUT2D eigenvalue weighted by Gasteiger charge is -2.61. The molecule has 0 saturated heterocycles. The van der Waals surface area contributed by atoms with E-state index < -0.39 is 46.3 Å². The van der Waals surface area contributed by atoms with Gasteiger partial charge in [-0.2, -0.15) is 0 Å². The molecule has 0 unspecified atom stereocenters. The van der Waals surface area contributed by atoms with Crippen LogP contribution in [0, 0.1) is 22.6 Å². The van der Waals surface area contributed by atoms with Crippen LogP contribution in [0.1, 0.15) is 60.7 Å². The van der Waals surface area contributed by atoms with Crippen molar-refractivity contribution in [3.8, 4) is 5.75 Å². The van der Waals surface area contributed by atoms with Gasteiger partial charge in [-0.1, -0.05) is 63.2 Å². The summed E-state index contributed by atoms with van der Waals surface area (Å²) in [6.45, 7) is 6.59. The molecule has 0 radical (unpaired) electrons. The first kappa shape index (κ1) is 26.4. The quantitative estimate of drug-likeness (QED) is 0.439. The molecule has 2 aliphatic heterocycles. The van der Waals surface area contributed by atoms with Crippen LogP contribution in [-0.4, -0.2) is 26.7 Å². The average Bonchev–Trinajstić information content (AvgIpc) is 3.09. The first-order valence-corrected chi connectivity index (χ1v) is 12.8. The highest BCUT2D eigenvalue weighted by Crippen LogP contribution is 2.67. The second-order valence-electron chi connectivity index (χ2n) is 11.1. The molecule has 3 heterocycles. The average molecular weight is 535 g/mol. The number of alkyl carbamates (subject to hydrolysis) is 1. The molecule has 0 spiro atoms. The lowest BCUT2D eigenvalue weighted by molar-refractivity contribution is -0.127. The summed E-state index contributed by atoms with van der Waals surface area (Å²) in [5.41, 5.74) is -0.512. The van der Waals surface area contributed by atoms with Gasteiger partial charge in [-0.3, -0.25) is 14.2 Å². The van der Waals surface area contributed by atoms with E-state index in [1.807, 2.05) is 37.3 Å². The van der Waals surface area contributed by atoms with Gasteiger partial charge in [-0.25, -0.2) is 14.2 Å². The molecule has 6 rings (SSSR count). The van der Waals surface area contributed by atoms with E-state index in [0.717, 1.165) is 5.56 Å². The molecule has 2 bridgehead atoms. The number of hydrogen-bond acceptors (Lipinski definition) is 6. The maximum Gasteiger partial charge on any atom is 0.408 e. The third-order valence-corrected chi connectivity index (χ3v) is 8.69. The molecule has 204 valence electrons. The van der Waals surface area contributed by atoms with Gasteiger partial charge >= 0.3 is 6.09 Å². The van der Waals surface area contributed by atoms with Gasteiger partial charge in [0.2, 0.25) is 5.75 Å². The Bertz CT molecular complexity index is 1470. The summed E-state index contributed by atoms with van der Waals surface area (Å²) >= 11 is 0. The number of aromatic hydroxyl groups is 1. The fraction of sp³-hybridized carbons (Fsp3) is 0.379. The summed E-state index contributed by atoms with van der Waals surface area (Å²) < 4.78 is 20.1. The van der Waals surface area contributed by atoms with Crippen LogP contribution in [0.15, 0.2) is 59.4 Å². The largest absolute Gasteiger partial charge is 0.501 e. The molecule has 9 nitrogen and oxygen atoms in total. The number of carbonyl (C=O) groups is 2. The van der Waals surface area contributed by atoms with Crippen molar-refractivity contribution in [1.82, 2.24) is 20.2 Å². The standard InChI is InChI=1S/C29H31FN4O5/c1-28(2)19-13-29(28,3)23(33-27(38)39-16-18-7-5-4-6-8-18)24-32-21(22(35)26(37)34(24)15-19)25(36)31-14-17-9-11-20(30)12-10-17/h4-12,19,23,35H,13-16H2,1-3H3,(H,31,36)(H,33,38)/t19-,23-,29-/m0/s1. The first-order valence-electron chi connectivity index (χ1n) is 12.8. The first-order chi connectivity index (χ1) is 18.5. The number of aromatic nitrogens is 2. The Kier molecular flexibility index (Phi) is 6.65. The van der Waals surface area contributed by atoms with Gasteiger partial charge in [0.1, 0.15) is 18.2 Å². The maximum atomic E-state index is 13.3. The number of hydrogen-bond donors (Lipinski definition) is 3. The van der Waals surface area contributed by atoms with Crippen LogP contribution >= 0.6 is 0 Å². The Morgan fingerprint density at radius 1 is 1.10 bits per heavy atom. The van der Waals surface area contributed by atoms with Crippen LogP contribution in [0.5, 0.6) is 5.75 Å². The third-order valence-electron chi connectivity index (χ3n) is 8.69. The van der Waals surface area contributed by atoms with Crippen molar-refractivity contribution in [3.05, 3.63) is 93.4 Å². The highest BCUT2D eigenvalue weighted by Gasteiger charge is 2.64. The number of halogens is 1. The second kappa shape index (κ2) is 9.83. The Labute approximate surface area is 225 Å². The normalized spacial score (nSPS) is 22.6. The minimum absolute atomic E-state index is 0.0406. The molecule has 3 N–H and O–H groups in total. The molecular formula is C29H31FN4O5. The predicted molar refractivity (Wildman–Crippen MR) is 140 cm³/mol. The van der Waals surface area contributed by atoms with Crippen molar-refractivity contribution in [2.24, 2.45) is 16.7 Å². The number of ether oxygens (including phenoxy) is 1. The summed E-state index contributed by atoms with van der Waals surface area (Å²) in [4.78, 5) is 43.8. The zero-order valence-corrected chi connectivity index (χ0v) is 22.0. The van der Waals surface area contributed by atoms with Crippen molar-refractivity contribution < 1.29 is 23.8 Å². The third kappa shape index (κ3) is 4.64. The summed E-state index contributed by atoms with van der Waals surface area (Å²) in [6, 6.07) is 14.1. The number of nitrogens with one attached hydrogen (secondary N) is 2. The molecular weight excluding hydrogens is 503 g/mol. The molecule has 2 aromatic carbocycles. The molecule has 1 saturated carbocycles. The summed E-state index contributed by atoms with van der Waals surface area (Å²) in [5.74, 6) is -1.63. The van der Waals surface area contributed by atoms with E-state index >= 15 is 0 Å². The summed E-state index contributed by atoms with van der Waals surface area (Å²) in [5, 5.41) is 16.2. The molecule has 3 aromatic rings. The summed E-state index contributed by atoms with van der Waals surface area (Å²) in [7, 11) is 0. The van der Waals surface area contributed by atoms with Gasteiger partial charge in [0.15, 0.2) is 5.69 Å². The zero-order chi connectivity index (χ0) is 27.9. The SMILES string of the molecule is CC1(C)[C@@H]2Cn3c(nc(C(=O)NCc4ccc(F)cc4)c(O)c3=O)[C@H](NC(=O)OCc3ccccc3)[C@]1(C)C2. The minimum Gasteiger partial charge on any atom is -0.501 e. The van der Waals surface area contributed by atoms with E-state index in [4.69, 9.17) is 4.74 Å². The Morgan fingerprint density at radius 2 is 1.79 bits per heavy atom. The predicted octanol–water partition coefficient (Wildman–Crippen LogP) is 4.05. The maximum absolute atomic E-state index is 13.3.